The van der Waals surface area contributed by atoms with Gasteiger partial charge in [-0.25, -0.2) is 4.98 Å². The van der Waals surface area contributed by atoms with Crippen molar-refractivity contribution in [2.75, 3.05) is 13.1 Å². The Bertz CT molecular complexity index is 432. The third-order valence-corrected chi connectivity index (χ3v) is 3.25. The average Bonchev–Trinajstić information content (AvgIpc) is 2.86. The Kier molecular flexibility index (Phi) is 3.59. The van der Waals surface area contributed by atoms with E-state index in [2.05, 4.69) is 47.1 Å². The van der Waals surface area contributed by atoms with Gasteiger partial charge in [0.2, 0.25) is 0 Å². The number of rotatable bonds is 4. The minimum absolute atomic E-state index is 0.234. The number of aliphatic imine (C=N–C) groups is 1. The van der Waals surface area contributed by atoms with Crippen LogP contribution in [0.1, 0.15) is 45.5 Å². The molecule has 0 aliphatic carbocycles. The molecule has 0 saturated heterocycles. The first kappa shape index (κ1) is 12.9. The Balaban J connectivity index is 2.24. The molecular formula is C13H23N5. The molecule has 0 amide bonds. The summed E-state index contributed by atoms with van der Waals surface area (Å²) in [6, 6.07) is 0.641. The quantitative estimate of drug-likeness (QED) is 0.885. The minimum atomic E-state index is 0.234. The molecule has 5 heteroatoms. The van der Waals surface area contributed by atoms with Gasteiger partial charge in [0.05, 0.1) is 30.8 Å². The van der Waals surface area contributed by atoms with Crippen LogP contribution in [0.3, 0.4) is 0 Å². The van der Waals surface area contributed by atoms with Gasteiger partial charge in [0.15, 0.2) is 5.96 Å². The summed E-state index contributed by atoms with van der Waals surface area (Å²) in [7, 11) is 0. The topological polar surface area (TPSA) is 59.4 Å². The van der Waals surface area contributed by atoms with E-state index in [1.165, 1.54) is 5.69 Å². The molecule has 0 spiro atoms. The van der Waals surface area contributed by atoms with Gasteiger partial charge in [-0.3, -0.25) is 4.99 Å². The van der Waals surface area contributed by atoms with Crippen LogP contribution in [0.5, 0.6) is 0 Å². The molecule has 1 unspecified atom stereocenters. The van der Waals surface area contributed by atoms with Crippen molar-refractivity contribution in [2.45, 2.75) is 39.8 Å². The SMILES string of the molecule is CC(C)CN1C(N)=NCC1c1cncn1C(C)C. The van der Waals surface area contributed by atoms with Crippen LogP contribution in [0.4, 0.5) is 0 Å². The molecule has 1 aromatic rings. The van der Waals surface area contributed by atoms with Crippen LogP contribution in [-0.4, -0.2) is 33.5 Å². The molecule has 0 bridgehead atoms. The molecule has 0 fully saturated rings. The molecule has 1 aliphatic rings. The highest BCUT2D eigenvalue weighted by atomic mass is 15.3. The molecule has 2 heterocycles. The van der Waals surface area contributed by atoms with Gasteiger partial charge >= 0.3 is 0 Å². The van der Waals surface area contributed by atoms with E-state index in [4.69, 9.17) is 5.73 Å². The Morgan fingerprint density at radius 1 is 1.39 bits per heavy atom. The number of hydrogen-bond donors (Lipinski definition) is 1. The normalized spacial score (nSPS) is 20.0. The maximum absolute atomic E-state index is 6.00. The van der Waals surface area contributed by atoms with Gasteiger partial charge in [-0.2, -0.15) is 0 Å². The monoisotopic (exact) mass is 249 g/mol. The second-order valence-electron chi connectivity index (χ2n) is 5.58. The first-order valence-corrected chi connectivity index (χ1v) is 6.59. The van der Waals surface area contributed by atoms with Crippen molar-refractivity contribution < 1.29 is 0 Å². The first-order valence-electron chi connectivity index (χ1n) is 6.59. The van der Waals surface area contributed by atoms with E-state index >= 15 is 0 Å². The lowest BCUT2D eigenvalue weighted by Gasteiger charge is -2.29. The molecule has 1 atom stereocenters. The third-order valence-electron chi connectivity index (χ3n) is 3.25. The van der Waals surface area contributed by atoms with E-state index in [0.29, 0.717) is 17.9 Å². The number of hydrogen-bond acceptors (Lipinski definition) is 4. The predicted molar refractivity (Wildman–Crippen MR) is 73.4 cm³/mol. The van der Waals surface area contributed by atoms with E-state index in [-0.39, 0.29) is 6.04 Å². The maximum Gasteiger partial charge on any atom is 0.191 e. The summed E-state index contributed by atoms with van der Waals surface area (Å²) in [6.07, 6.45) is 3.83. The second-order valence-corrected chi connectivity index (χ2v) is 5.58. The summed E-state index contributed by atoms with van der Waals surface area (Å²) in [4.78, 5) is 10.9. The summed E-state index contributed by atoms with van der Waals surface area (Å²) >= 11 is 0. The van der Waals surface area contributed by atoms with Crippen LogP contribution in [0.2, 0.25) is 0 Å². The van der Waals surface area contributed by atoms with E-state index in [1.54, 1.807) is 0 Å². The summed E-state index contributed by atoms with van der Waals surface area (Å²) in [5.41, 5.74) is 7.20. The molecule has 1 aliphatic heterocycles. The third kappa shape index (κ3) is 2.35. The largest absolute Gasteiger partial charge is 0.370 e. The molecular weight excluding hydrogens is 226 g/mol. The lowest BCUT2D eigenvalue weighted by Crippen LogP contribution is -2.39. The van der Waals surface area contributed by atoms with Crippen LogP contribution < -0.4 is 5.73 Å². The fraction of sp³-hybridized carbons (Fsp3) is 0.692. The molecule has 1 aromatic heterocycles. The molecule has 0 aromatic carbocycles. The smallest absolute Gasteiger partial charge is 0.191 e. The molecule has 5 nitrogen and oxygen atoms in total. The Hall–Kier alpha value is -1.52. The van der Waals surface area contributed by atoms with Crippen molar-refractivity contribution >= 4 is 5.96 Å². The van der Waals surface area contributed by atoms with E-state index in [1.807, 2.05) is 12.5 Å². The number of nitrogens with zero attached hydrogens (tertiary/aromatic N) is 4. The standard InChI is InChI=1S/C13H23N5/c1-9(2)7-17-12(6-16-13(17)14)11-5-15-8-18(11)10(3)4/h5,8-10,12H,6-7H2,1-4H3,(H2,14,16). The van der Waals surface area contributed by atoms with Crippen LogP contribution in [0.25, 0.3) is 0 Å². The van der Waals surface area contributed by atoms with Crippen LogP contribution in [0.15, 0.2) is 17.5 Å². The van der Waals surface area contributed by atoms with Gasteiger partial charge in [0.1, 0.15) is 0 Å². The first-order chi connectivity index (χ1) is 8.50. The fourth-order valence-corrected chi connectivity index (χ4v) is 2.40. The van der Waals surface area contributed by atoms with Gasteiger partial charge in [-0.05, 0) is 19.8 Å². The Morgan fingerprint density at radius 3 is 2.72 bits per heavy atom. The summed E-state index contributed by atoms with van der Waals surface area (Å²) in [6.45, 7) is 10.4. The number of aromatic nitrogens is 2. The van der Waals surface area contributed by atoms with Crippen LogP contribution in [0, 0.1) is 5.92 Å². The second kappa shape index (κ2) is 5.00. The van der Waals surface area contributed by atoms with E-state index in [9.17, 15) is 0 Å². The van der Waals surface area contributed by atoms with Gasteiger partial charge in [-0.1, -0.05) is 13.8 Å². The molecule has 0 saturated carbocycles. The molecule has 18 heavy (non-hydrogen) atoms. The highest BCUT2D eigenvalue weighted by Gasteiger charge is 2.30. The van der Waals surface area contributed by atoms with Crippen molar-refractivity contribution in [3.05, 3.63) is 18.2 Å². The number of nitrogens with two attached hydrogens (primary N) is 1. The molecule has 2 N–H and O–H groups in total. The Labute approximate surface area is 109 Å². The van der Waals surface area contributed by atoms with Crippen molar-refractivity contribution in [1.82, 2.24) is 14.5 Å². The summed E-state index contributed by atoms with van der Waals surface area (Å²) in [5, 5.41) is 0. The molecule has 2 rings (SSSR count). The van der Waals surface area contributed by atoms with Gasteiger partial charge in [0, 0.05) is 12.6 Å². The minimum Gasteiger partial charge on any atom is -0.370 e. The zero-order valence-corrected chi connectivity index (χ0v) is 11.7. The van der Waals surface area contributed by atoms with Gasteiger partial charge in [-0.15, -0.1) is 0 Å². The summed E-state index contributed by atoms with van der Waals surface area (Å²) < 4.78 is 2.20. The van der Waals surface area contributed by atoms with E-state index in [0.717, 1.165) is 13.1 Å². The number of guanidine groups is 1. The van der Waals surface area contributed by atoms with Crippen molar-refractivity contribution in [3.63, 3.8) is 0 Å². The average molecular weight is 249 g/mol. The maximum atomic E-state index is 6.00. The van der Waals surface area contributed by atoms with Crippen LogP contribution in [-0.2, 0) is 0 Å². The van der Waals surface area contributed by atoms with Gasteiger partial charge in [0.25, 0.3) is 0 Å². The zero-order valence-electron chi connectivity index (χ0n) is 11.7. The highest BCUT2D eigenvalue weighted by Crippen LogP contribution is 2.27. The van der Waals surface area contributed by atoms with E-state index < -0.39 is 0 Å². The van der Waals surface area contributed by atoms with Gasteiger partial charge < -0.3 is 15.2 Å². The van der Waals surface area contributed by atoms with Crippen LogP contribution >= 0.6 is 0 Å². The Morgan fingerprint density at radius 2 is 2.11 bits per heavy atom. The summed E-state index contributed by atoms with van der Waals surface area (Å²) in [5.74, 6) is 1.22. The highest BCUT2D eigenvalue weighted by molar-refractivity contribution is 5.80. The molecule has 100 valence electrons. The lowest BCUT2D eigenvalue weighted by atomic mass is 10.1. The molecule has 0 radical (unpaired) electrons. The lowest BCUT2D eigenvalue weighted by molar-refractivity contribution is 0.296. The fourth-order valence-electron chi connectivity index (χ4n) is 2.40. The van der Waals surface area contributed by atoms with Crippen molar-refractivity contribution in [3.8, 4) is 0 Å². The van der Waals surface area contributed by atoms with Crippen molar-refractivity contribution in [1.29, 1.82) is 0 Å². The zero-order chi connectivity index (χ0) is 13.3. The van der Waals surface area contributed by atoms with Crippen molar-refractivity contribution in [2.24, 2.45) is 16.6 Å². The predicted octanol–water partition coefficient (Wildman–Crippen LogP) is 1.79. The number of imidazole rings is 1.